The Hall–Kier alpha value is -1.34. The first-order chi connectivity index (χ1) is 7.40. The van der Waals surface area contributed by atoms with Crippen molar-refractivity contribution in [1.29, 1.82) is 0 Å². The van der Waals surface area contributed by atoms with Gasteiger partial charge in [-0.15, -0.1) is 6.58 Å². The van der Waals surface area contributed by atoms with Gasteiger partial charge in [0.2, 0.25) is 0 Å². The SMILES string of the molecule is C=CCC1C=C(c2ccccc2)CCN1. The van der Waals surface area contributed by atoms with Crippen molar-refractivity contribution in [2.45, 2.75) is 18.9 Å². The van der Waals surface area contributed by atoms with Crippen LogP contribution < -0.4 is 5.32 Å². The van der Waals surface area contributed by atoms with E-state index < -0.39 is 0 Å². The number of hydrogen-bond acceptors (Lipinski definition) is 1. The van der Waals surface area contributed by atoms with Crippen LogP contribution in [0.4, 0.5) is 0 Å². The zero-order valence-electron chi connectivity index (χ0n) is 8.95. The van der Waals surface area contributed by atoms with E-state index in [9.17, 15) is 0 Å². The van der Waals surface area contributed by atoms with Gasteiger partial charge in [-0.2, -0.15) is 0 Å². The van der Waals surface area contributed by atoms with Gasteiger partial charge in [0.15, 0.2) is 0 Å². The highest BCUT2D eigenvalue weighted by Crippen LogP contribution is 2.21. The average Bonchev–Trinajstić information content (AvgIpc) is 2.31. The molecule has 1 unspecified atom stereocenters. The molecule has 1 atom stereocenters. The molecule has 1 heteroatoms. The van der Waals surface area contributed by atoms with Gasteiger partial charge < -0.3 is 5.32 Å². The van der Waals surface area contributed by atoms with Crippen molar-refractivity contribution >= 4 is 5.57 Å². The zero-order valence-corrected chi connectivity index (χ0v) is 8.95. The van der Waals surface area contributed by atoms with E-state index in [-0.39, 0.29) is 0 Å². The zero-order chi connectivity index (χ0) is 10.5. The van der Waals surface area contributed by atoms with Gasteiger partial charge in [-0.1, -0.05) is 42.5 Å². The molecule has 0 saturated heterocycles. The van der Waals surface area contributed by atoms with E-state index in [2.05, 4.69) is 48.3 Å². The molecule has 0 amide bonds. The second-order valence-electron chi connectivity index (χ2n) is 3.89. The Bertz CT molecular complexity index is 351. The smallest absolute Gasteiger partial charge is 0.0290 e. The van der Waals surface area contributed by atoms with Gasteiger partial charge in [0.05, 0.1) is 0 Å². The molecule has 1 aliphatic heterocycles. The van der Waals surface area contributed by atoms with Crippen LogP contribution in [0.2, 0.25) is 0 Å². The van der Waals surface area contributed by atoms with Gasteiger partial charge in [0.25, 0.3) is 0 Å². The van der Waals surface area contributed by atoms with Gasteiger partial charge in [-0.05, 0) is 30.5 Å². The summed E-state index contributed by atoms with van der Waals surface area (Å²) in [6.07, 6.45) is 6.44. The van der Waals surface area contributed by atoms with Crippen LogP contribution in [0.25, 0.3) is 5.57 Å². The maximum atomic E-state index is 3.78. The third kappa shape index (κ3) is 2.57. The highest BCUT2D eigenvalue weighted by molar-refractivity contribution is 5.67. The lowest BCUT2D eigenvalue weighted by molar-refractivity contribution is 0.588. The topological polar surface area (TPSA) is 12.0 Å². The highest BCUT2D eigenvalue weighted by atomic mass is 14.9. The Balaban J connectivity index is 2.18. The molecule has 78 valence electrons. The van der Waals surface area contributed by atoms with Crippen LogP contribution in [0.15, 0.2) is 49.1 Å². The molecule has 1 aliphatic rings. The predicted octanol–water partition coefficient (Wildman–Crippen LogP) is 3.01. The van der Waals surface area contributed by atoms with Crippen molar-refractivity contribution < 1.29 is 0 Å². The molecule has 1 nitrogen and oxygen atoms in total. The van der Waals surface area contributed by atoms with Crippen LogP contribution in [-0.2, 0) is 0 Å². The van der Waals surface area contributed by atoms with Gasteiger partial charge >= 0.3 is 0 Å². The third-order valence-corrected chi connectivity index (χ3v) is 2.77. The van der Waals surface area contributed by atoms with E-state index in [0.717, 1.165) is 19.4 Å². The van der Waals surface area contributed by atoms with E-state index in [1.807, 2.05) is 6.08 Å². The molecule has 0 saturated carbocycles. The van der Waals surface area contributed by atoms with Gasteiger partial charge in [0, 0.05) is 6.04 Å². The van der Waals surface area contributed by atoms with Gasteiger partial charge in [-0.25, -0.2) is 0 Å². The average molecular weight is 199 g/mol. The lowest BCUT2D eigenvalue weighted by Crippen LogP contribution is -2.31. The second-order valence-corrected chi connectivity index (χ2v) is 3.89. The normalized spacial score (nSPS) is 20.8. The summed E-state index contributed by atoms with van der Waals surface area (Å²) in [4.78, 5) is 0. The fourth-order valence-electron chi connectivity index (χ4n) is 2.00. The number of benzene rings is 1. The van der Waals surface area contributed by atoms with Crippen molar-refractivity contribution in [2.24, 2.45) is 0 Å². The highest BCUT2D eigenvalue weighted by Gasteiger charge is 2.11. The molecular weight excluding hydrogens is 182 g/mol. The van der Waals surface area contributed by atoms with Crippen molar-refractivity contribution in [3.8, 4) is 0 Å². The largest absolute Gasteiger partial charge is 0.310 e. The summed E-state index contributed by atoms with van der Waals surface area (Å²) in [5.41, 5.74) is 2.81. The first kappa shape index (κ1) is 10.2. The summed E-state index contributed by atoms with van der Waals surface area (Å²) in [6.45, 7) is 4.85. The Morgan fingerprint density at radius 2 is 2.13 bits per heavy atom. The van der Waals surface area contributed by atoms with Crippen molar-refractivity contribution in [2.75, 3.05) is 6.54 Å². The molecular formula is C14H17N. The summed E-state index contributed by atoms with van der Waals surface area (Å²) in [6, 6.07) is 11.1. The summed E-state index contributed by atoms with van der Waals surface area (Å²) >= 11 is 0. The monoisotopic (exact) mass is 199 g/mol. The Morgan fingerprint density at radius 1 is 1.33 bits per heavy atom. The molecule has 0 aliphatic carbocycles. The summed E-state index contributed by atoms with van der Waals surface area (Å²) in [5.74, 6) is 0. The molecule has 1 heterocycles. The molecule has 0 spiro atoms. The lowest BCUT2D eigenvalue weighted by Gasteiger charge is -2.22. The summed E-state index contributed by atoms with van der Waals surface area (Å²) < 4.78 is 0. The second kappa shape index (κ2) is 4.94. The van der Waals surface area contributed by atoms with E-state index in [0.29, 0.717) is 6.04 Å². The third-order valence-electron chi connectivity index (χ3n) is 2.77. The van der Waals surface area contributed by atoms with E-state index in [4.69, 9.17) is 0 Å². The maximum absolute atomic E-state index is 3.78. The van der Waals surface area contributed by atoms with Gasteiger partial charge in [0.1, 0.15) is 0 Å². The Kier molecular flexibility index (Phi) is 3.36. The molecule has 0 radical (unpaired) electrons. The first-order valence-electron chi connectivity index (χ1n) is 5.50. The minimum atomic E-state index is 0.464. The van der Waals surface area contributed by atoms with E-state index in [1.54, 1.807) is 0 Å². The van der Waals surface area contributed by atoms with Crippen LogP contribution in [-0.4, -0.2) is 12.6 Å². The molecule has 2 rings (SSSR count). The predicted molar refractivity (Wildman–Crippen MR) is 65.6 cm³/mol. The number of rotatable bonds is 3. The number of nitrogens with one attached hydrogen (secondary N) is 1. The first-order valence-corrected chi connectivity index (χ1v) is 5.50. The molecule has 1 aromatic rings. The van der Waals surface area contributed by atoms with Crippen molar-refractivity contribution in [3.63, 3.8) is 0 Å². The Morgan fingerprint density at radius 3 is 2.87 bits per heavy atom. The van der Waals surface area contributed by atoms with Crippen molar-refractivity contribution in [1.82, 2.24) is 5.32 Å². The Labute approximate surface area is 91.5 Å². The minimum absolute atomic E-state index is 0.464. The maximum Gasteiger partial charge on any atom is 0.0290 e. The van der Waals surface area contributed by atoms with Crippen LogP contribution >= 0.6 is 0 Å². The molecule has 0 aromatic heterocycles. The van der Waals surface area contributed by atoms with Crippen molar-refractivity contribution in [3.05, 3.63) is 54.6 Å². The molecule has 1 aromatic carbocycles. The van der Waals surface area contributed by atoms with Crippen LogP contribution in [0, 0.1) is 0 Å². The van der Waals surface area contributed by atoms with Gasteiger partial charge in [-0.3, -0.25) is 0 Å². The summed E-state index contributed by atoms with van der Waals surface area (Å²) in [5, 5.41) is 3.47. The van der Waals surface area contributed by atoms with Crippen LogP contribution in [0.3, 0.4) is 0 Å². The molecule has 0 fully saturated rings. The molecule has 0 bridgehead atoms. The van der Waals surface area contributed by atoms with E-state index >= 15 is 0 Å². The lowest BCUT2D eigenvalue weighted by atomic mass is 9.96. The van der Waals surface area contributed by atoms with E-state index in [1.165, 1.54) is 11.1 Å². The number of hydrogen-bond donors (Lipinski definition) is 1. The fraction of sp³-hybridized carbons (Fsp3) is 0.286. The quantitative estimate of drug-likeness (QED) is 0.738. The van der Waals surface area contributed by atoms with Crippen LogP contribution in [0.1, 0.15) is 18.4 Å². The summed E-state index contributed by atoms with van der Waals surface area (Å²) in [7, 11) is 0. The fourth-order valence-corrected chi connectivity index (χ4v) is 2.00. The standard InChI is InChI=1S/C14H17N/c1-2-6-14-11-13(9-10-15-14)12-7-4-3-5-8-12/h2-5,7-8,11,14-15H,1,6,9-10H2. The molecule has 15 heavy (non-hydrogen) atoms. The molecule has 1 N–H and O–H groups in total. The minimum Gasteiger partial charge on any atom is -0.310 e. The van der Waals surface area contributed by atoms with Crippen LogP contribution in [0.5, 0.6) is 0 Å².